The zero-order valence-corrected chi connectivity index (χ0v) is 15.0. The van der Waals surface area contributed by atoms with Gasteiger partial charge in [-0.05, 0) is 42.0 Å². The average Bonchev–Trinajstić information content (AvgIpc) is 2.68. The van der Waals surface area contributed by atoms with Crippen molar-refractivity contribution >= 4 is 17.4 Å². The van der Waals surface area contributed by atoms with Crippen molar-refractivity contribution in [2.24, 2.45) is 0 Å². The molecule has 0 aromatic heterocycles. The molecule has 134 valence electrons. The van der Waals surface area contributed by atoms with E-state index in [-0.39, 0.29) is 6.61 Å². The molecule has 4 nitrogen and oxygen atoms in total. The topological polar surface area (TPSA) is 46.6 Å². The summed E-state index contributed by atoms with van der Waals surface area (Å²) in [6, 6.07) is 17.9. The van der Waals surface area contributed by atoms with E-state index in [0.29, 0.717) is 13.1 Å². The van der Waals surface area contributed by atoms with Crippen LogP contribution in [0.3, 0.4) is 0 Å². The van der Waals surface area contributed by atoms with Gasteiger partial charge in [0, 0.05) is 13.1 Å². The summed E-state index contributed by atoms with van der Waals surface area (Å²) in [6.45, 7) is 2.66. The van der Waals surface area contributed by atoms with Gasteiger partial charge in [0.1, 0.15) is 0 Å². The van der Waals surface area contributed by atoms with E-state index in [2.05, 4.69) is 18.2 Å². The van der Waals surface area contributed by atoms with Gasteiger partial charge < -0.3 is 9.64 Å². The van der Waals surface area contributed by atoms with Crippen LogP contribution in [0.4, 0.5) is 0 Å². The molecule has 1 aliphatic carbocycles. The minimum absolute atomic E-state index is 0.190. The van der Waals surface area contributed by atoms with Crippen LogP contribution in [-0.4, -0.2) is 29.9 Å². The van der Waals surface area contributed by atoms with Crippen LogP contribution in [0.2, 0.25) is 0 Å². The fourth-order valence-corrected chi connectivity index (χ4v) is 3.24. The molecule has 0 bridgehead atoms. The van der Waals surface area contributed by atoms with Crippen LogP contribution in [0.15, 0.2) is 60.7 Å². The number of allylic oxidation sites excluding steroid dienone is 1. The Morgan fingerprint density at radius 3 is 2.50 bits per heavy atom. The lowest BCUT2D eigenvalue weighted by molar-refractivity contribution is -0.159. The molecule has 0 fully saturated rings. The van der Waals surface area contributed by atoms with Crippen LogP contribution >= 0.6 is 0 Å². The molecule has 2 aromatic rings. The highest BCUT2D eigenvalue weighted by atomic mass is 16.5. The van der Waals surface area contributed by atoms with Crippen LogP contribution in [0, 0.1) is 0 Å². The Hall–Kier alpha value is -2.88. The number of hydrogen-bond donors (Lipinski definition) is 0. The standard InChI is InChI=1S/C22H23NO3/c1-2-26-22(25)21(24)23(15-17-9-4-3-5-10-17)16-19-13-8-12-18-11-6-7-14-20(18)19/h3-7,9-11,13-14H,2,8,12,15-16H2,1H3. The second-order valence-corrected chi connectivity index (χ2v) is 6.29. The van der Waals surface area contributed by atoms with Crippen molar-refractivity contribution < 1.29 is 14.3 Å². The summed E-state index contributed by atoms with van der Waals surface area (Å²) in [4.78, 5) is 26.2. The number of carbonyl (C=O) groups is 2. The summed E-state index contributed by atoms with van der Waals surface area (Å²) in [6.07, 6.45) is 4.11. The van der Waals surface area contributed by atoms with Gasteiger partial charge in [-0.15, -0.1) is 0 Å². The molecule has 0 spiro atoms. The first kappa shape index (κ1) is 17.9. The third-order valence-corrected chi connectivity index (χ3v) is 4.48. The maximum Gasteiger partial charge on any atom is 0.397 e. The SMILES string of the molecule is CCOC(=O)C(=O)N(CC1=CCCc2ccccc21)Cc1ccccc1. The first-order valence-corrected chi connectivity index (χ1v) is 8.96. The maximum atomic E-state index is 12.6. The Morgan fingerprint density at radius 1 is 1.00 bits per heavy atom. The highest BCUT2D eigenvalue weighted by Crippen LogP contribution is 2.27. The number of benzene rings is 2. The van der Waals surface area contributed by atoms with E-state index in [1.54, 1.807) is 11.8 Å². The Labute approximate surface area is 154 Å². The number of aryl methyl sites for hydroxylation is 1. The summed E-state index contributed by atoms with van der Waals surface area (Å²) in [5.41, 5.74) is 4.51. The smallest absolute Gasteiger partial charge is 0.397 e. The van der Waals surface area contributed by atoms with Crippen LogP contribution in [0.25, 0.3) is 5.57 Å². The quantitative estimate of drug-likeness (QED) is 0.612. The fourth-order valence-electron chi connectivity index (χ4n) is 3.24. The number of hydrogen-bond acceptors (Lipinski definition) is 3. The molecule has 0 heterocycles. The number of carbonyl (C=O) groups excluding carboxylic acids is 2. The number of nitrogens with zero attached hydrogens (tertiary/aromatic N) is 1. The third kappa shape index (κ3) is 4.20. The van der Waals surface area contributed by atoms with Gasteiger partial charge in [0.05, 0.1) is 6.61 Å². The van der Waals surface area contributed by atoms with Crippen LogP contribution < -0.4 is 0 Å². The third-order valence-electron chi connectivity index (χ3n) is 4.48. The van der Waals surface area contributed by atoms with E-state index >= 15 is 0 Å². The van der Waals surface area contributed by atoms with Crippen LogP contribution in [0.5, 0.6) is 0 Å². The summed E-state index contributed by atoms with van der Waals surface area (Å²) < 4.78 is 4.93. The highest BCUT2D eigenvalue weighted by molar-refractivity contribution is 6.32. The second-order valence-electron chi connectivity index (χ2n) is 6.29. The lowest BCUT2D eigenvalue weighted by Gasteiger charge is -2.26. The molecule has 0 radical (unpaired) electrons. The minimum atomic E-state index is -0.798. The predicted octanol–water partition coefficient (Wildman–Crippen LogP) is 3.61. The van der Waals surface area contributed by atoms with Crippen molar-refractivity contribution in [3.05, 3.63) is 77.4 Å². The van der Waals surface area contributed by atoms with Gasteiger partial charge >= 0.3 is 11.9 Å². The molecule has 0 saturated heterocycles. The van der Waals surface area contributed by atoms with E-state index in [9.17, 15) is 9.59 Å². The monoisotopic (exact) mass is 349 g/mol. The van der Waals surface area contributed by atoms with Crippen molar-refractivity contribution in [1.82, 2.24) is 4.90 Å². The molecule has 0 saturated carbocycles. The molecule has 4 heteroatoms. The molecule has 0 atom stereocenters. The summed E-state index contributed by atoms with van der Waals surface area (Å²) >= 11 is 0. The van der Waals surface area contributed by atoms with Crippen molar-refractivity contribution in [2.75, 3.05) is 13.2 Å². The maximum absolute atomic E-state index is 12.6. The van der Waals surface area contributed by atoms with Crippen LogP contribution in [0.1, 0.15) is 30.0 Å². The zero-order chi connectivity index (χ0) is 18.4. The van der Waals surface area contributed by atoms with E-state index in [1.807, 2.05) is 42.5 Å². The lowest BCUT2D eigenvalue weighted by atomic mass is 9.90. The number of esters is 1. The Kier molecular flexibility index (Phi) is 5.84. The average molecular weight is 349 g/mol. The van der Waals surface area contributed by atoms with Gasteiger partial charge in [0.2, 0.25) is 0 Å². The van der Waals surface area contributed by atoms with Gasteiger partial charge in [-0.1, -0.05) is 60.7 Å². The summed E-state index contributed by atoms with van der Waals surface area (Å²) in [5, 5.41) is 0. The Balaban J connectivity index is 1.85. The van der Waals surface area contributed by atoms with Gasteiger partial charge in [-0.25, -0.2) is 4.79 Å². The predicted molar refractivity (Wildman–Crippen MR) is 101 cm³/mol. The van der Waals surface area contributed by atoms with Crippen molar-refractivity contribution in [1.29, 1.82) is 0 Å². The normalized spacial score (nSPS) is 12.7. The minimum Gasteiger partial charge on any atom is -0.459 e. The number of amides is 1. The number of rotatable bonds is 5. The Bertz CT molecular complexity index is 811. The van der Waals surface area contributed by atoms with Crippen molar-refractivity contribution in [3.63, 3.8) is 0 Å². The highest BCUT2D eigenvalue weighted by Gasteiger charge is 2.25. The molecular weight excluding hydrogens is 326 g/mol. The molecular formula is C22H23NO3. The molecule has 3 rings (SSSR count). The van der Waals surface area contributed by atoms with Gasteiger partial charge in [-0.3, -0.25) is 4.79 Å². The first-order chi connectivity index (χ1) is 12.7. The van der Waals surface area contributed by atoms with Crippen molar-refractivity contribution in [3.8, 4) is 0 Å². The van der Waals surface area contributed by atoms with Gasteiger partial charge in [-0.2, -0.15) is 0 Å². The molecule has 0 unspecified atom stereocenters. The van der Waals surface area contributed by atoms with E-state index < -0.39 is 11.9 Å². The summed E-state index contributed by atoms with van der Waals surface area (Å²) in [5.74, 6) is -1.40. The van der Waals surface area contributed by atoms with Crippen LogP contribution in [-0.2, 0) is 27.3 Å². The largest absolute Gasteiger partial charge is 0.459 e. The number of ether oxygens (including phenoxy) is 1. The van der Waals surface area contributed by atoms with Gasteiger partial charge in [0.25, 0.3) is 0 Å². The summed E-state index contributed by atoms with van der Waals surface area (Å²) in [7, 11) is 0. The van der Waals surface area contributed by atoms with E-state index in [1.165, 1.54) is 5.56 Å². The molecule has 0 N–H and O–H groups in total. The molecule has 1 amide bonds. The molecule has 1 aliphatic rings. The number of fused-ring (bicyclic) bond motifs is 1. The molecule has 2 aromatic carbocycles. The van der Waals surface area contributed by atoms with Gasteiger partial charge in [0.15, 0.2) is 0 Å². The van der Waals surface area contributed by atoms with Crippen molar-refractivity contribution in [2.45, 2.75) is 26.3 Å². The lowest BCUT2D eigenvalue weighted by Crippen LogP contribution is -2.38. The molecule has 26 heavy (non-hydrogen) atoms. The molecule has 0 aliphatic heterocycles. The fraction of sp³-hybridized carbons (Fsp3) is 0.273. The zero-order valence-electron chi connectivity index (χ0n) is 15.0. The van der Waals surface area contributed by atoms with E-state index in [4.69, 9.17) is 4.74 Å². The first-order valence-electron chi connectivity index (χ1n) is 8.96. The second kappa shape index (κ2) is 8.48. The Morgan fingerprint density at radius 2 is 1.73 bits per heavy atom. The van der Waals surface area contributed by atoms with E-state index in [0.717, 1.165) is 29.5 Å².